The van der Waals surface area contributed by atoms with E-state index in [0.29, 0.717) is 12.1 Å². The van der Waals surface area contributed by atoms with Crippen LogP contribution in [0.2, 0.25) is 0 Å². The number of morpholine rings is 1. The highest BCUT2D eigenvalue weighted by Gasteiger charge is 2.17. The molecule has 1 rings (SSSR count). The first-order valence-electron chi connectivity index (χ1n) is 6.29. The topological polar surface area (TPSA) is 24.5 Å². The fourth-order valence-electron chi connectivity index (χ4n) is 2.14. The van der Waals surface area contributed by atoms with Crippen LogP contribution in [-0.2, 0) is 4.74 Å². The van der Waals surface area contributed by atoms with Gasteiger partial charge in [-0.15, -0.1) is 0 Å². The Bertz CT molecular complexity index is 164. The van der Waals surface area contributed by atoms with Crippen LogP contribution < -0.4 is 5.32 Å². The monoisotopic (exact) mass is 214 g/mol. The lowest BCUT2D eigenvalue weighted by Gasteiger charge is -2.33. The number of hydrogen-bond acceptors (Lipinski definition) is 3. The molecule has 1 N–H and O–H groups in total. The Morgan fingerprint density at radius 3 is 3.00 bits per heavy atom. The van der Waals surface area contributed by atoms with Crippen molar-refractivity contribution in [2.24, 2.45) is 0 Å². The van der Waals surface area contributed by atoms with E-state index in [4.69, 9.17) is 4.74 Å². The third-order valence-corrected chi connectivity index (χ3v) is 3.14. The zero-order valence-corrected chi connectivity index (χ0v) is 10.5. The van der Waals surface area contributed by atoms with Gasteiger partial charge in [0.15, 0.2) is 0 Å². The molecule has 1 fully saturated rings. The summed E-state index contributed by atoms with van der Waals surface area (Å²) in [6.07, 6.45) is 2.57. The average molecular weight is 214 g/mol. The van der Waals surface area contributed by atoms with Crippen molar-refractivity contribution in [1.29, 1.82) is 0 Å². The van der Waals surface area contributed by atoms with Gasteiger partial charge in [0.05, 0.1) is 13.2 Å². The largest absolute Gasteiger partial charge is 0.379 e. The van der Waals surface area contributed by atoms with Crippen molar-refractivity contribution in [3.63, 3.8) is 0 Å². The van der Waals surface area contributed by atoms with E-state index in [1.54, 1.807) is 0 Å². The molecule has 3 heteroatoms. The summed E-state index contributed by atoms with van der Waals surface area (Å²) in [5, 5.41) is 3.45. The first-order valence-corrected chi connectivity index (χ1v) is 6.29. The molecule has 0 radical (unpaired) electrons. The van der Waals surface area contributed by atoms with Crippen molar-refractivity contribution in [3.05, 3.63) is 0 Å². The second-order valence-corrected chi connectivity index (χ2v) is 4.56. The maximum atomic E-state index is 5.42. The Hall–Kier alpha value is -0.120. The molecule has 0 spiro atoms. The molecular weight excluding hydrogens is 188 g/mol. The average Bonchev–Trinajstić information content (AvgIpc) is 2.21. The molecule has 3 nitrogen and oxygen atoms in total. The zero-order chi connectivity index (χ0) is 11.1. The van der Waals surface area contributed by atoms with E-state index in [1.807, 2.05) is 0 Å². The van der Waals surface area contributed by atoms with Crippen LogP contribution in [0.3, 0.4) is 0 Å². The van der Waals surface area contributed by atoms with Gasteiger partial charge in [-0.25, -0.2) is 0 Å². The number of ether oxygens (including phenoxy) is 1. The third-order valence-electron chi connectivity index (χ3n) is 3.14. The van der Waals surface area contributed by atoms with E-state index in [1.165, 1.54) is 19.4 Å². The summed E-state index contributed by atoms with van der Waals surface area (Å²) in [4.78, 5) is 2.54. The molecule has 1 saturated heterocycles. The Labute approximate surface area is 94.2 Å². The van der Waals surface area contributed by atoms with Gasteiger partial charge in [-0.05, 0) is 39.8 Å². The van der Waals surface area contributed by atoms with Crippen molar-refractivity contribution in [1.82, 2.24) is 10.2 Å². The molecule has 15 heavy (non-hydrogen) atoms. The number of nitrogens with zero attached hydrogens (tertiary/aromatic N) is 1. The van der Waals surface area contributed by atoms with Crippen molar-refractivity contribution in [2.45, 2.75) is 45.7 Å². The Balaban J connectivity index is 2.08. The molecule has 1 heterocycles. The van der Waals surface area contributed by atoms with Gasteiger partial charge in [-0.2, -0.15) is 0 Å². The molecule has 0 aromatic carbocycles. The van der Waals surface area contributed by atoms with Gasteiger partial charge in [0.25, 0.3) is 0 Å². The third kappa shape index (κ3) is 4.96. The Kier molecular flexibility index (Phi) is 6.22. The van der Waals surface area contributed by atoms with Gasteiger partial charge in [0.1, 0.15) is 0 Å². The highest BCUT2D eigenvalue weighted by Crippen LogP contribution is 2.08. The molecule has 1 aliphatic heterocycles. The van der Waals surface area contributed by atoms with Crippen LogP contribution in [0, 0.1) is 0 Å². The SMILES string of the molecule is CCNC(C)CCCN1CCOCC1C. The van der Waals surface area contributed by atoms with Crippen LogP contribution in [0.4, 0.5) is 0 Å². The molecule has 0 saturated carbocycles. The predicted octanol–water partition coefficient (Wildman–Crippen LogP) is 1.49. The lowest BCUT2D eigenvalue weighted by atomic mass is 10.1. The van der Waals surface area contributed by atoms with Gasteiger partial charge in [0.2, 0.25) is 0 Å². The minimum atomic E-state index is 0.605. The number of hydrogen-bond donors (Lipinski definition) is 1. The second kappa shape index (κ2) is 7.20. The van der Waals surface area contributed by atoms with Crippen molar-refractivity contribution < 1.29 is 4.74 Å². The summed E-state index contributed by atoms with van der Waals surface area (Å²) in [6, 6.07) is 1.26. The molecule has 0 bridgehead atoms. The number of nitrogens with one attached hydrogen (secondary N) is 1. The van der Waals surface area contributed by atoms with E-state index in [0.717, 1.165) is 26.3 Å². The van der Waals surface area contributed by atoms with Gasteiger partial charge >= 0.3 is 0 Å². The van der Waals surface area contributed by atoms with E-state index in [9.17, 15) is 0 Å². The fraction of sp³-hybridized carbons (Fsp3) is 1.00. The van der Waals surface area contributed by atoms with Crippen LogP contribution in [0.1, 0.15) is 33.6 Å². The molecule has 1 aliphatic rings. The summed E-state index contributed by atoms with van der Waals surface area (Å²) in [7, 11) is 0. The van der Waals surface area contributed by atoms with E-state index < -0.39 is 0 Å². The minimum Gasteiger partial charge on any atom is -0.379 e. The molecular formula is C12H26N2O. The highest BCUT2D eigenvalue weighted by atomic mass is 16.5. The molecule has 2 unspecified atom stereocenters. The van der Waals surface area contributed by atoms with Crippen LogP contribution in [-0.4, -0.2) is 49.8 Å². The van der Waals surface area contributed by atoms with Crippen molar-refractivity contribution >= 4 is 0 Å². The lowest BCUT2D eigenvalue weighted by molar-refractivity contribution is -0.00107. The van der Waals surface area contributed by atoms with E-state index in [-0.39, 0.29) is 0 Å². The van der Waals surface area contributed by atoms with Gasteiger partial charge in [-0.1, -0.05) is 6.92 Å². The fourth-order valence-corrected chi connectivity index (χ4v) is 2.14. The van der Waals surface area contributed by atoms with Crippen LogP contribution in [0.25, 0.3) is 0 Å². The Morgan fingerprint density at radius 1 is 1.53 bits per heavy atom. The summed E-state index contributed by atoms with van der Waals surface area (Å²) in [5.41, 5.74) is 0. The summed E-state index contributed by atoms with van der Waals surface area (Å²) in [6.45, 7) is 11.9. The van der Waals surface area contributed by atoms with Crippen molar-refractivity contribution in [3.8, 4) is 0 Å². The van der Waals surface area contributed by atoms with Crippen molar-refractivity contribution in [2.75, 3.05) is 32.8 Å². The maximum absolute atomic E-state index is 5.42. The summed E-state index contributed by atoms with van der Waals surface area (Å²) in [5.74, 6) is 0. The van der Waals surface area contributed by atoms with Gasteiger partial charge in [-0.3, -0.25) is 4.90 Å². The normalized spacial score (nSPS) is 25.4. The van der Waals surface area contributed by atoms with E-state index >= 15 is 0 Å². The first-order chi connectivity index (χ1) is 7.24. The quantitative estimate of drug-likeness (QED) is 0.725. The maximum Gasteiger partial charge on any atom is 0.0619 e. The first kappa shape index (κ1) is 12.9. The molecule has 0 aromatic rings. The molecule has 0 amide bonds. The molecule has 2 atom stereocenters. The van der Waals surface area contributed by atoms with E-state index in [2.05, 4.69) is 31.0 Å². The predicted molar refractivity (Wildman–Crippen MR) is 64.2 cm³/mol. The standard InChI is InChI=1S/C12H26N2O/c1-4-13-11(2)6-5-7-14-8-9-15-10-12(14)3/h11-13H,4-10H2,1-3H3. The van der Waals surface area contributed by atoms with Gasteiger partial charge < -0.3 is 10.1 Å². The molecule has 90 valence electrons. The summed E-state index contributed by atoms with van der Waals surface area (Å²) >= 11 is 0. The lowest BCUT2D eigenvalue weighted by Crippen LogP contribution is -2.44. The minimum absolute atomic E-state index is 0.605. The molecule has 0 aromatic heterocycles. The molecule has 0 aliphatic carbocycles. The van der Waals surface area contributed by atoms with Crippen LogP contribution in [0.5, 0.6) is 0 Å². The van der Waals surface area contributed by atoms with Gasteiger partial charge in [0, 0.05) is 18.6 Å². The zero-order valence-electron chi connectivity index (χ0n) is 10.5. The second-order valence-electron chi connectivity index (χ2n) is 4.56. The highest BCUT2D eigenvalue weighted by molar-refractivity contribution is 4.71. The smallest absolute Gasteiger partial charge is 0.0619 e. The van der Waals surface area contributed by atoms with Crippen LogP contribution in [0.15, 0.2) is 0 Å². The Morgan fingerprint density at radius 2 is 2.33 bits per heavy atom. The van der Waals surface area contributed by atoms with Crippen LogP contribution >= 0.6 is 0 Å². The number of rotatable bonds is 6. The summed E-state index contributed by atoms with van der Waals surface area (Å²) < 4.78 is 5.42.